The molecule has 0 aliphatic carbocycles. The third-order valence-electron chi connectivity index (χ3n) is 5.35. The number of hydrogen-bond acceptors (Lipinski definition) is 3. The molecule has 2 aromatic rings. The number of hydrogen-bond donors (Lipinski definition) is 0. The Labute approximate surface area is 182 Å². The fraction of sp³-hybridized carbons (Fsp3) is 0.600. The first kappa shape index (κ1) is 23.7. The summed E-state index contributed by atoms with van der Waals surface area (Å²) in [5.41, 5.74) is 2.26. The van der Waals surface area contributed by atoms with Gasteiger partial charge in [-0.15, -0.1) is 11.6 Å². The predicted molar refractivity (Wildman–Crippen MR) is 124 cm³/mol. The lowest BCUT2D eigenvalue weighted by Gasteiger charge is -2.12. The number of halogens is 1. The van der Waals surface area contributed by atoms with Crippen molar-refractivity contribution >= 4 is 11.6 Å². The van der Waals surface area contributed by atoms with Crippen LogP contribution in [-0.2, 0) is 6.42 Å². The van der Waals surface area contributed by atoms with Crippen LogP contribution in [0.5, 0.6) is 5.75 Å². The summed E-state index contributed by atoms with van der Waals surface area (Å²) in [5.74, 6) is 3.07. The standard InChI is InChI=1S/C25H37ClN2O/c1-3-4-5-6-7-8-11-22-19-27-25(28-20-22)23-12-14-24(15-13-23)29-18-16-21(2)10-9-17-26/h12-15,19-21H,3-11,16-18H2,1-2H3/t21-/m1/s1. The molecule has 1 atom stereocenters. The van der Waals surface area contributed by atoms with Gasteiger partial charge in [0, 0.05) is 23.8 Å². The van der Waals surface area contributed by atoms with Crippen LogP contribution >= 0.6 is 11.6 Å². The molecule has 4 heteroatoms. The van der Waals surface area contributed by atoms with Crippen LogP contribution < -0.4 is 4.74 Å². The van der Waals surface area contributed by atoms with E-state index in [4.69, 9.17) is 16.3 Å². The van der Waals surface area contributed by atoms with Gasteiger partial charge in [0.15, 0.2) is 5.82 Å². The van der Waals surface area contributed by atoms with Gasteiger partial charge in [0.1, 0.15) is 5.75 Å². The average Bonchev–Trinajstić information content (AvgIpc) is 2.76. The van der Waals surface area contributed by atoms with E-state index in [1.165, 1.54) is 44.1 Å². The maximum absolute atomic E-state index is 5.87. The van der Waals surface area contributed by atoms with Crippen LogP contribution in [0.2, 0.25) is 0 Å². The summed E-state index contributed by atoms with van der Waals surface area (Å²) in [5, 5.41) is 0. The first-order valence-electron chi connectivity index (χ1n) is 11.3. The second-order valence-electron chi connectivity index (χ2n) is 8.03. The Bertz CT molecular complexity index is 658. The zero-order valence-electron chi connectivity index (χ0n) is 18.2. The number of aromatic nitrogens is 2. The largest absolute Gasteiger partial charge is 0.494 e. The highest BCUT2D eigenvalue weighted by atomic mass is 35.5. The SMILES string of the molecule is CCCCCCCCc1cnc(-c2ccc(OCC[C@H](C)CCCCl)cc2)nc1. The smallest absolute Gasteiger partial charge is 0.159 e. The van der Waals surface area contributed by atoms with Crippen molar-refractivity contribution in [3.63, 3.8) is 0 Å². The molecule has 0 amide bonds. The average molecular weight is 417 g/mol. The molecule has 0 N–H and O–H groups in total. The Kier molecular flexibility index (Phi) is 11.7. The van der Waals surface area contributed by atoms with Crippen LogP contribution in [0.3, 0.4) is 0 Å². The van der Waals surface area contributed by atoms with Gasteiger partial charge in [-0.1, -0.05) is 46.0 Å². The summed E-state index contributed by atoms with van der Waals surface area (Å²) in [6.45, 7) is 5.25. The van der Waals surface area contributed by atoms with Crippen molar-refractivity contribution in [2.24, 2.45) is 5.92 Å². The molecule has 0 saturated carbocycles. The van der Waals surface area contributed by atoms with Gasteiger partial charge in [-0.25, -0.2) is 9.97 Å². The van der Waals surface area contributed by atoms with E-state index in [1.807, 2.05) is 36.7 Å². The van der Waals surface area contributed by atoms with Gasteiger partial charge in [-0.05, 0) is 67.9 Å². The van der Waals surface area contributed by atoms with Gasteiger partial charge in [-0.3, -0.25) is 0 Å². The lowest BCUT2D eigenvalue weighted by Crippen LogP contribution is -2.04. The molecular weight excluding hydrogens is 380 g/mol. The Balaban J connectivity index is 1.73. The Morgan fingerprint density at radius 3 is 2.28 bits per heavy atom. The van der Waals surface area contributed by atoms with Crippen molar-refractivity contribution in [1.29, 1.82) is 0 Å². The number of unbranched alkanes of at least 4 members (excludes halogenated alkanes) is 5. The van der Waals surface area contributed by atoms with E-state index >= 15 is 0 Å². The van der Waals surface area contributed by atoms with Crippen molar-refractivity contribution in [3.05, 3.63) is 42.2 Å². The normalized spacial score (nSPS) is 12.1. The van der Waals surface area contributed by atoms with Gasteiger partial charge in [0.25, 0.3) is 0 Å². The summed E-state index contributed by atoms with van der Waals surface area (Å²) >= 11 is 5.75. The van der Waals surface area contributed by atoms with Crippen molar-refractivity contribution in [2.45, 2.75) is 78.1 Å². The molecule has 160 valence electrons. The molecule has 0 fully saturated rings. The maximum atomic E-state index is 5.87. The minimum absolute atomic E-state index is 0.649. The summed E-state index contributed by atoms with van der Waals surface area (Å²) in [7, 11) is 0. The highest BCUT2D eigenvalue weighted by Crippen LogP contribution is 2.20. The van der Waals surface area contributed by atoms with E-state index in [1.54, 1.807) is 0 Å². The second kappa shape index (κ2) is 14.4. The fourth-order valence-corrected chi connectivity index (χ4v) is 3.54. The Morgan fingerprint density at radius 2 is 1.59 bits per heavy atom. The molecule has 1 heterocycles. The monoisotopic (exact) mass is 416 g/mol. The third-order valence-corrected chi connectivity index (χ3v) is 5.61. The fourth-order valence-electron chi connectivity index (χ4n) is 3.39. The Morgan fingerprint density at radius 1 is 0.897 bits per heavy atom. The lowest BCUT2D eigenvalue weighted by atomic mass is 10.0. The zero-order valence-corrected chi connectivity index (χ0v) is 19.0. The highest BCUT2D eigenvalue weighted by Gasteiger charge is 2.05. The van der Waals surface area contributed by atoms with Crippen LogP contribution in [-0.4, -0.2) is 22.5 Å². The molecule has 0 spiro atoms. The molecule has 0 aliphatic rings. The molecule has 1 aromatic heterocycles. The molecule has 29 heavy (non-hydrogen) atoms. The van der Waals surface area contributed by atoms with Gasteiger partial charge < -0.3 is 4.74 Å². The van der Waals surface area contributed by atoms with Gasteiger partial charge in [0.05, 0.1) is 6.61 Å². The third kappa shape index (κ3) is 9.62. The van der Waals surface area contributed by atoms with E-state index in [0.29, 0.717) is 5.92 Å². The number of ether oxygens (including phenoxy) is 1. The van der Waals surface area contributed by atoms with Crippen molar-refractivity contribution in [1.82, 2.24) is 9.97 Å². The zero-order chi connectivity index (χ0) is 20.7. The number of nitrogens with zero attached hydrogens (tertiary/aromatic N) is 2. The van der Waals surface area contributed by atoms with Crippen molar-refractivity contribution in [2.75, 3.05) is 12.5 Å². The summed E-state index contributed by atoms with van der Waals surface area (Å²) < 4.78 is 5.87. The number of rotatable bonds is 15. The topological polar surface area (TPSA) is 35.0 Å². The number of benzene rings is 1. The van der Waals surface area contributed by atoms with Crippen LogP contribution in [0, 0.1) is 5.92 Å². The molecule has 1 aromatic carbocycles. The van der Waals surface area contributed by atoms with Crippen molar-refractivity contribution in [3.8, 4) is 17.1 Å². The van der Waals surface area contributed by atoms with Crippen LogP contribution in [0.15, 0.2) is 36.7 Å². The van der Waals surface area contributed by atoms with Crippen LogP contribution in [0.25, 0.3) is 11.4 Å². The Hall–Kier alpha value is -1.61. The quantitative estimate of drug-likeness (QED) is 0.223. The summed E-state index contributed by atoms with van der Waals surface area (Å²) in [6.07, 6.45) is 16.2. The molecule has 0 bridgehead atoms. The van der Waals surface area contributed by atoms with E-state index in [-0.39, 0.29) is 0 Å². The minimum atomic E-state index is 0.649. The molecular formula is C25H37ClN2O. The molecule has 0 radical (unpaired) electrons. The summed E-state index contributed by atoms with van der Waals surface area (Å²) in [6, 6.07) is 8.09. The van der Waals surface area contributed by atoms with Crippen LogP contribution in [0.1, 0.15) is 77.2 Å². The predicted octanol–water partition coefficient (Wildman–Crippen LogP) is 7.47. The molecule has 3 nitrogen and oxygen atoms in total. The van der Waals surface area contributed by atoms with E-state index in [9.17, 15) is 0 Å². The van der Waals surface area contributed by atoms with Gasteiger partial charge in [-0.2, -0.15) is 0 Å². The van der Waals surface area contributed by atoms with Gasteiger partial charge in [0.2, 0.25) is 0 Å². The molecule has 0 saturated heterocycles. The summed E-state index contributed by atoms with van der Waals surface area (Å²) in [4.78, 5) is 9.12. The van der Waals surface area contributed by atoms with Gasteiger partial charge >= 0.3 is 0 Å². The van der Waals surface area contributed by atoms with E-state index in [0.717, 1.165) is 55.3 Å². The lowest BCUT2D eigenvalue weighted by molar-refractivity contribution is 0.279. The highest BCUT2D eigenvalue weighted by molar-refractivity contribution is 6.17. The number of aryl methyl sites for hydroxylation is 1. The maximum Gasteiger partial charge on any atom is 0.159 e. The van der Waals surface area contributed by atoms with Crippen LogP contribution in [0.4, 0.5) is 0 Å². The van der Waals surface area contributed by atoms with E-state index in [2.05, 4.69) is 23.8 Å². The molecule has 2 rings (SSSR count). The molecule has 0 aliphatic heterocycles. The van der Waals surface area contributed by atoms with Crippen molar-refractivity contribution < 1.29 is 4.74 Å². The first-order chi connectivity index (χ1) is 14.2. The second-order valence-corrected chi connectivity index (χ2v) is 8.41. The molecule has 0 unspecified atom stereocenters. The minimum Gasteiger partial charge on any atom is -0.494 e. The number of alkyl halides is 1. The van der Waals surface area contributed by atoms with E-state index < -0.39 is 0 Å². The first-order valence-corrected chi connectivity index (χ1v) is 11.9.